The zero-order valence-corrected chi connectivity index (χ0v) is 14.8. The van der Waals surface area contributed by atoms with Crippen molar-refractivity contribution in [3.05, 3.63) is 52.0 Å². The predicted molar refractivity (Wildman–Crippen MR) is 91.3 cm³/mol. The first kappa shape index (κ1) is 17.0. The summed E-state index contributed by atoms with van der Waals surface area (Å²) in [5.74, 6) is -0.0174. The van der Waals surface area contributed by atoms with Gasteiger partial charge in [-0.3, -0.25) is 4.79 Å². The van der Waals surface area contributed by atoms with Crippen LogP contribution in [0.3, 0.4) is 0 Å². The maximum Gasteiger partial charge on any atom is 0.363 e. The van der Waals surface area contributed by atoms with Crippen molar-refractivity contribution in [3.63, 3.8) is 0 Å². The van der Waals surface area contributed by atoms with E-state index < -0.39 is 11.9 Å². The van der Waals surface area contributed by atoms with Gasteiger partial charge in [-0.15, -0.1) is 0 Å². The van der Waals surface area contributed by atoms with Gasteiger partial charge < -0.3 is 18.6 Å². The molecule has 7 nitrogen and oxygen atoms in total. The number of rotatable bonds is 4. The van der Waals surface area contributed by atoms with Crippen LogP contribution < -0.4 is 9.47 Å². The Labute approximate surface area is 151 Å². The van der Waals surface area contributed by atoms with Crippen LogP contribution in [0.2, 0.25) is 0 Å². The number of aliphatic imine (C=N–C) groups is 1. The molecule has 8 heteroatoms. The number of hydrogen-bond donors (Lipinski definition) is 0. The molecule has 1 aliphatic heterocycles. The van der Waals surface area contributed by atoms with Gasteiger partial charge in [-0.2, -0.15) is 0 Å². The second-order valence-electron chi connectivity index (χ2n) is 4.94. The van der Waals surface area contributed by atoms with E-state index in [0.29, 0.717) is 21.5 Å². The number of benzene rings is 1. The summed E-state index contributed by atoms with van der Waals surface area (Å²) in [5.41, 5.74) is 0.719. The number of furan rings is 1. The van der Waals surface area contributed by atoms with E-state index >= 15 is 0 Å². The van der Waals surface area contributed by atoms with Gasteiger partial charge in [0.1, 0.15) is 0 Å². The van der Waals surface area contributed by atoms with Crippen molar-refractivity contribution >= 4 is 39.8 Å². The molecule has 0 spiro atoms. The highest BCUT2D eigenvalue weighted by atomic mass is 79.9. The first-order valence-electron chi connectivity index (χ1n) is 7.10. The fraction of sp³-hybridized carbons (Fsp3) is 0.118. The molecular weight excluding hydrogens is 394 g/mol. The fourth-order valence-corrected chi connectivity index (χ4v) is 2.68. The molecule has 0 bridgehead atoms. The Morgan fingerprint density at radius 1 is 1.36 bits per heavy atom. The summed E-state index contributed by atoms with van der Waals surface area (Å²) in [6.45, 7) is 1.29. The SMILES string of the molecule is COc1cc(/C=C2\N=C(c3ccco3)OC2=O)cc(Br)c1OC(C)=O. The molecule has 25 heavy (non-hydrogen) atoms. The van der Waals surface area contributed by atoms with Crippen molar-refractivity contribution in [2.45, 2.75) is 6.92 Å². The lowest BCUT2D eigenvalue weighted by Gasteiger charge is -2.11. The maximum atomic E-state index is 12.0. The normalized spacial score (nSPS) is 15.1. The van der Waals surface area contributed by atoms with E-state index in [1.165, 1.54) is 26.4 Å². The summed E-state index contributed by atoms with van der Waals surface area (Å²) in [6.07, 6.45) is 2.99. The molecule has 0 radical (unpaired) electrons. The van der Waals surface area contributed by atoms with Gasteiger partial charge in [-0.25, -0.2) is 9.79 Å². The molecule has 2 heterocycles. The standard InChI is InChI=1S/C17H12BrNO6/c1-9(20)24-15-11(18)6-10(8-14(15)22-2)7-12-17(21)25-16(19-12)13-4-3-5-23-13/h3-8H,1-2H3/b12-7-. The lowest BCUT2D eigenvalue weighted by atomic mass is 10.1. The molecule has 0 fully saturated rings. The predicted octanol–water partition coefficient (Wildman–Crippen LogP) is 3.32. The van der Waals surface area contributed by atoms with Gasteiger partial charge in [-0.05, 0) is 51.8 Å². The molecule has 2 aromatic rings. The van der Waals surface area contributed by atoms with Crippen LogP contribution in [0.5, 0.6) is 11.5 Å². The Morgan fingerprint density at radius 3 is 2.80 bits per heavy atom. The van der Waals surface area contributed by atoms with E-state index in [1.807, 2.05) is 0 Å². The number of carbonyl (C=O) groups excluding carboxylic acids is 2. The van der Waals surface area contributed by atoms with Crippen molar-refractivity contribution in [3.8, 4) is 11.5 Å². The highest BCUT2D eigenvalue weighted by Crippen LogP contribution is 2.37. The minimum absolute atomic E-state index is 0.101. The monoisotopic (exact) mass is 405 g/mol. The molecule has 1 aliphatic rings. The van der Waals surface area contributed by atoms with E-state index in [-0.39, 0.29) is 17.3 Å². The van der Waals surface area contributed by atoms with E-state index in [9.17, 15) is 9.59 Å². The summed E-state index contributed by atoms with van der Waals surface area (Å²) in [6, 6.07) is 6.59. The Morgan fingerprint density at radius 2 is 2.16 bits per heavy atom. The van der Waals surface area contributed by atoms with Crippen LogP contribution in [-0.2, 0) is 14.3 Å². The van der Waals surface area contributed by atoms with Crippen molar-refractivity contribution in [2.24, 2.45) is 4.99 Å². The number of hydrogen-bond acceptors (Lipinski definition) is 7. The van der Waals surface area contributed by atoms with Crippen LogP contribution in [0.1, 0.15) is 18.2 Å². The minimum atomic E-state index is -0.592. The van der Waals surface area contributed by atoms with Gasteiger partial charge in [0.2, 0.25) is 0 Å². The second kappa shape index (κ2) is 6.94. The first-order chi connectivity index (χ1) is 12.0. The number of esters is 2. The summed E-state index contributed by atoms with van der Waals surface area (Å²) in [5, 5.41) is 0. The minimum Gasteiger partial charge on any atom is -0.493 e. The van der Waals surface area contributed by atoms with Crippen LogP contribution in [0.25, 0.3) is 6.08 Å². The van der Waals surface area contributed by atoms with Crippen LogP contribution in [0.15, 0.2) is 50.1 Å². The van der Waals surface area contributed by atoms with Crippen LogP contribution in [-0.4, -0.2) is 24.9 Å². The maximum absolute atomic E-state index is 12.0. The first-order valence-corrected chi connectivity index (χ1v) is 7.89. The highest BCUT2D eigenvalue weighted by Gasteiger charge is 2.26. The van der Waals surface area contributed by atoms with Crippen LogP contribution in [0, 0.1) is 0 Å². The van der Waals surface area contributed by atoms with Crippen molar-refractivity contribution in [1.82, 2.24) is 0 Å². The largest absolute Gasteiger partial charge is 0.493 e. The number of cyclic esters (lactones) is 1. The third kappa shape index (κ3) is 3.63. The Kier molecular flexibility index (Phi) is 4.71. The molecule has 0 amide bonds. The van der Waals surface area contributed by atoms with E-state index in [2.05, 4.69) is 20.9 Å². The average molecular weight is 406 g/mol. The number of halogens is 1. The van der Waals surface area contributed by atoms with Gasteiger partial charge >= 0.3 is 11.9 Å². The number of methoxy groups -OCH3 is 1. The Bertz CT molecular complexity index is 898. The average Bonchev–Trinajstić information content (AvgIpc) is 3.20. The lowest BCUT2D eigenvalue weighted by molar-refractivity contribution is -0.132. The quantitative estimate of drug-likeness (QED) is 0.440. The van der Waals surface area contributed by atoms with Crippen molar-refractivity contribution < 1.29 is 28.2 Å². The van der Waals surface area contributed by atoms with E-state index in [0.717, 1.165) is 0 Å². The van der Waals surface area contributed by atoms with Gasteiger partial charge in [0.05, 0.1) is 17.8 Å². The summed E-state index contributed by atoms with van der Waals surface area (Å²) in [4.78, 5) is 27.3. The topological polar surface area (TPSA) is 87.3 Å². The Balaban J connectivity index is 1.97. The van der Waals surface area contributed by atoms with Gasteiger partial charge in [0.15, 0.2) is 23.0 Å². The number of carbonyl (C=O) groups is 2. The molecular formula is C17H12BrNO6. The van der Waals surface area contributed by atoms with Crippen molar-refractivity contribution in [1.29, 1.82) is 0 Å². The molecule has 1 aromatic carbocycles. The summed E-state index contributed by atoms with van der Waals surface area (Å²) >= 11 is 3.32. The molecule has 0 saturated heterocycles. The van der Waals surface area contributed by atoms with Crippen LogP contribution >= 0.6 is 15.9 Å². The second-order valence-corrected chi connectivity index (χ2v) is 5.80. The molecule has 128 valence electrons. The summed E-state index contributed by atoms with van der Waals surface area (Å²) in [7, 11) is 1.45. The molecule has 0 N–H and O–H groups in total. The zero-order valence-electron chi connectivity index (χ0n) is 13.2. The smallest absolute Gasteiger partial charge is 0.363 e. The molecule has 3 rings (SSSR count). The molecule has 0 unspecified atom stereocenters. The van der Waals surface area contributed by atoms with E-state index in [4.69, 9.17) is 18.6 Å². The number of nitrogens with zero attached hydrogens (tertiary/aromatic N) is 1. The summed E-state index contributed by atoms with van der Waals surface area (Å²) < 4.78 is 21.1. The fourth-order valence-electron chi connectivity index (χ4n) is 2.14. The molecule has 1 aromatic heterocycles. The molecule has 0 atom stereocenters. The zero-order chi connectivity index (χ0) is 18.0. The van der Waals surface area contributed by atoms with E-state index in [1.54, 1.807) is 24.3 Å². The number of ether oxygens (including phenoxy) is 3. The van der Waals surface area contributed by atoms with Gasteiger partial charge in [0.25, 0.3) is 5.90 Å². The van der Waals surface area contributed by atoms with Gasteiger partial charge in [-0.1, -0.05) is 0 Å². The van der Waals surface area contributed by atoms with Crippen LogP contribution in [0.4, 0.5) is 0 Å². The third-order valence-electron chi connectivity index (χ3n) is 3.15. The van der Waals surface area contributed by atoms with Gasteiger partial charge in [0, 0.05) is 6.92 Å². The van der Waals surface area contributed by atoms with Crippen molar-refractivity contribution in [2.75, 3.05) is 7.11 Å². The molecule has 0 aliphatic carbocycles. The highest BCUT2D eigenvalue weighted by molar-refractivity contribution is 9.10. The molecule has 0 saturated carbocycles. The lowest BCUT2D eigenvalue weighted by Crippen LogP contribution is -2.04. The Hall–Kier alpha value is -2.87. The third-order valence-corrected chi connectivity index (χ3v) is 3.74.